The smallest absolute Gasteiger partial charge is 0.242 e. The maximum absolute atomic E-state index is 11.6. The number of rotatable bonds is 3. The first kappa shape index (κ1) is 14.2. The summed E-state index contributed by atoms with van der Waals surface area (Å²) in [5.41, 5.74) is 3.12. The van der Waals surface area contributed by atoms with Gasteiger partial charge in [-0.05, 0) is 31.5 Å². The minimum atomic E-state index is -0.534. The monoisotopic (exact) mass is 282 g/mol. The van der Waals surface area contributed by atoms with Crippen LogP contribution in [0, 0.1) is 6.92 Å². The largest absolute Gasteiger partial charge is 0.378 e. The van der Waals surface area contributed by atoms with E-state index in [9.17, 15) is 4.79 Å². The van der Waals surface area contributed by atoms with Crippen molar-refractivity contribution in [3.63, 3.8) is 0 Å². The van der Waals surface area contributed by atoms with Crippen molar-refractivity contribution in [2.45, 2.75) is 19.2 Å². The summed E-state index contributed by atoms with van der Waals surface area (Å²) in [6.07, 6.45) is 0. The second kappa shape index (κ2) is 6.26. The Morgan fingerprint density at radius 1 is 1.42 bits per heavy atom. The fourth-order valence-corrected chi connectivity index (χ4v) is 2.13. The standard InChI is InChI=1S/C14H19ClN2O2/c1-10-3-4-12(16-14(18)11(2)15)9-13(10)17-5-7-19-8-6-17/h3-4,9,11H,5-8H2,1-2H3,(H,16,18)/t11-/m1/s1. The molecule has 1 aliphatic rings. The second-order valence-corrected chi connectivity index (χ2v) is 5.36. The number of anilines is 2. The van der Waals surface area contributed by atoms with E-state index in [1.165, 1.54) is 5.56 Å². The SMILES string of the molecule is Cc1ccc(NC(=O)[C@@H](C)Cl)cc1N1CCOCC1. The number of benzene rings is 1. The number of carbonyl (C=O) groups excluding carboxylic acids is 1. The first-order chi connectivity index (χ1) is 9.08. The highest BCUT2D eigenvalue weighted by Crippen LogP contribution is 2.25. The van der Waals surface area contributed by atoms with Crippen LogP contribution in [0.25, 0.3) is 0 Å². The van der Waals surface area contributed by atoms with Crippen molar-refractivity contribution in [3.8, 4) is 0 Å². The predicted octanol–water partition coefficient (Wildman–Crippen LogP) is 2.40. The number of amides is 1. The summed E-state index contributed by atoms with van der Waals surface area (Å²) in [4.78, 5) is 13.9. The molecule has 1 saturated heterocycles. The lowest BCUT2D eigenvalue weighted by Crippen LogP contribution is -2.36. The predicted molar refractivity (Wildman–Crippen MR) is 78.2 cm³/mol. The topological polar surface area (TPSA) is 41.6 Å². The van der Waals surface area contributed by atoms with E-state index in [2.05, 4.69) is 17.1 Å². The summed E-state index contributed by atoms with van der Waals surface area (Å²) in [6, 6.07) is 5.91. The van der Waals surface area contributed by atoms with Crippen LogP contribution in [0.2, 0.25) is 0 Å². The molecule has 104 valence electrons. The van der Waals surface area contributed by atoms with Gasteiger partial charge in [0.1, 0.15) is 5.38 Å². The van der Waals surface area contributed by atoms with Crippen molar-refractivity contribution in [1.29, 1.82) is 0 Å². The van der Waals surface area contributed by atoms with Gasteiger partial charge in [0, 0.05) is 24.5 Å². The highest BCUT2D eigenvalue weighted by Gasteiger charge is 2.15. The summed E-state index contributed by atoms with van der Waals surface area (Å²) in [7, 11) is 0. The first-order valence-corrected chi connectivity index (χ1v) is 6.90. The van der Waals surface area contributed by atoms with E-state index in [0.717, 1.165) is 37.7 Å². The van der Waals surface area contributed by atoms with Crippen LogP contribution in [0.15, 0.2) is 18.2 Å². The number of hydrogen-bond acceptors (Lipinski definition) is 3. The zero-order valence-electron chi connectivity index (χ0n) is 11.3. The summed E-state index contributed by atoms with van der Waals surface area (Å²) < 4.78 is 5.36. The van der Waals surface area contributed by atoms with Crippen LogP contribution in [-0.2, 0) is 9.53 Å². The van der Waals surface area contributed by atoms with Crippen molar-refractivity contribution >= 4 is 28.9 Å². The quantitative estimate of drug-likeness (QED) is 0.866. The molecule has 1 aromatic rings. The molecule has 4 nitrogen and oxygen atoms in total. The Bertz CT molecular complexity index is 457. The van der Waals surface area contributed by atoms with Gasteiger partial charge in [0.2, 0.25) is 5.91 Å². The molecule has 1 aliphatic heterocycles. The lowest BCUT2D eigenvalue weighted by atomic mass is 10.1. The van der Waals surface area contributed by atoms with Gasteiger partial charge in [0.05, 0.1) is 13.2 Å². The number of aryl methyl sites for hydroxylation is 1. The molecule has 1 fully saturated rings. The van der Waals surface area contributed by atoms with Gasteiger partial charge in [-0.3, -0.25) is 4.79 Å². The summed E-state index contributed by atoms with van der Waals surface area (Å²) in [5, 5.41) is 2.29. The maximum atomic E-state index is 11.6. The van der Waals surface area contributed by atoms with E-state index in [4.69, 9.17) is 16.3 Å². The van der Waals surface area contributed by atoms with Crippen molar-refractivity contribution in [2.75, 3.05) is 36.5 Å². The molecule has 1 atom stereocenters. The van der Waals surface area contributed by atoms with Crippen LogP contribution in [0.5, 0.6) is 0 Å². The van der Waals surface area contributed by atoms with Crippen molar-refractivity contribution in [2.24, 2.45) is 0 Å². The summed E-state index contributed by atoms with van der Waals surface area (Å²) in [6.45, 7) is 6.98. The molecular weight excluding hydrogens is 264 g/mol. The van der Waals surface area contributed by atoms with Crippen LogP contribution >= 0.6 is 11.6 Å². The van der Waals surface area contributed by atoms with E-state index in [0.29, 0.717) is 0 Å². The molecule has 0 saturated carbocycles. The minimum absolute atomic E-state index is 0.182. The lowest BCUT2D eigenvalue weighted by Gasteiger charge is -2.30. The average Bonchev–Trinajstić information content (AvgIpc) is 2.41. The van der Waals surface area contributed by atoms with E-state index >= 15 is 0 Å². The Labute approximate surface area is 118 Å². The summed E-state index contributed by atoms with van der Waals surface area (Å²) in [5.74, 6) is -0.182. The fraction of sp³-hybridized carbons (Fsp3) is 0.500. The molecule has 0 aromatic heterocycles. The molecule has 1 aromatic carbocycles. The maximum Gasteiger partial charge on any atom is 0.242 e. The molecule has 1 N–H and O–H groups in total. The van der Waals surface area contributed by atoms with Gasteiger partial charge >= 0.3 is 0 Å². The van der Waals surface area contributed by atoms with Crippen LogP contribution < -0.4 is 10.2 Å². The zero-order valence-corrected chi connectivity index (χ0v) is 12.0. The molecule has 5 heteroatoms. The molecule has 0 spiro atoms. The highest BCUT2D eigenvalue weighted by atomic mass is 35.5. The van der Waals surface area contributed by atoms with Gasteiger partial charge in [-0.15, -0.1) is 11.6 Å². The Morgan fingerprint density at radius 3 is 2.74 bits per heavy atom. The molecule has 2 rings (SSSR count). The Balaban J connectivity index is 2.16. The third-order valence-corrected chi connectivity index (χ3v) is 3.39. The van der Waals surface area contributed by atoms with Crippen LogP contribution in [0.4, 0.5) is 11.4 Å². The third-order valence-electron chi connectivity index (χ3n) is 3.19. The minimum Gasteiger partial charge on any atom is -0.378 e. The van der Waals surface area contributed by atoms with E-state index in [1.54, 1.807) is 6.92 Å². The lowest BCUT2D eigenvalue weighted by molar-refractivity contribution is -0.115. The molecule has 1 amide bonds. The van der Waals surface area contributed by atoms with Gasteiger partial charge < -0.3 is 15.0 Å². The van der Waals surface area contributed by atoms with Gasteiger partial charge in [0.25, 0.3) is 0 Å². The van der Waals surface area contributed by atoms with E-state index in [-0.39, 0.29) is 5.91 Å². The number of hydrogen-bond donors (Lipinski definition) is 1. The Hall–Kier alpha value is -1.26. The number of alkyl halides is 1. The van der Waals surface area contributed by atoms with E-state index < -0.39 is 5.38 Å². The molecule has 0 unspecified atom stereocenters. The Kier molecular flexibility index (Phi) is 4.66. The van der Waals surface area contributed by atoms with Crippen LogP contribution in [-0.4, -0.2) is 37.6 Å². The highest BCUT2D eigenvalue weighted by molar-refractivity contribution is 6.32. The van der Waals surface area contributed by atoms with E-state index in [1.807, 2.05) is 18.2 Å². The molecular formula is C14H19ClN2O2. The first-order valence-electron chi connectivity index (χ1n) is 6.46. The molecule has 1 heterocycles. The Morgan fingerprint density at radius 2 is 2.11 bits per heavy atom. The number of ether oxygens (including phenoxy) is 1. The van der Waals surface area contributed by atoms with Crippen molar-refractivity contribution < 1.29 is 9.53 Å². The third kappa shape index (κ3) is 3.61. The van der Waals surface area contributed by atoms with Gasteiger partial charge in [0.15, 0.2) is 0 Å². The second-order valence-electron chi connectivity index (χ2n) is 4.71. The normalized spacial score (nSPS) is 17.1. The number of morpholine rings is 1. The average molecular weight is 283 g/mol. The molecule has 0 bridgehead atoms. The summed E-state index contributed by atoms with van der Waals surface area (Å²) >= 11 is 5.76. The fourth-order valence-electron chi connectivity index (χ4n) is 2.07. The number of carbonyl (C=O) groups is 1. The molecule has 0 radical (unpaired) electrons. The molecule has 19 heavy (non-hydrogen) atoms. The van der Waals surface area contributed by atoms with Gasteiger partial charge in [-0.2, -0.15) is 0 Å². The number of nitrogens with zero attached hydrogens (tertiary/aromatic N) is 1. The van der Waals surface area contributed by atoms with Crippen LogP contribution in [0.1, 0.15) is 12.5 Å². The van der Waals surface area contributed by atoms with Gasteiger partial charge in [-0.1, -0.05) is 6.07 Å². The van der Waals surface area contributed by atoms with Gasteiger partial charge in [-0.25, -0.2) is 0 Å². The van der Waals surface area contributed by atoms with Crippen molar-refractivity contribution in [3.05, 3.63) is 23.8 Å². The van der Waals surface area contributed by atoms with Crippen LogP contribution in [0.3, 0.4) is 0 Å². The molecule has 0 aliphatic carbocycles. The number of nitrogens with one attached hydrogen (secondary N) is 1. The number of halogens is 1. The van der Waals surface area contributed by atoms with Crippen molar-refractivity contribution in [1.82, 2.24) is 0 Å². The zero-order chi connectivity index (χ0) is 13.8.